The molecule has 2 aromatic rings. The molecule has 4 unspecified atom stereocenters. The summed E-state index contributed by atoms with van der Waals surface area (Å²) in [5, 5.41) is 31.9. The van der Waals surface area contributed by atoms with E-state index in [0.717, 1.165) is 6.92 Å². The number of aliphatic hydroxyl groups is 2. The number of aliphatic carboxylic acids is 1. The molecule has 7 N–H and O–H groups in total. The van der Waals surface area contributed by atoms with E-state index in [-0.39, 0.29) is 17.0 Å². The van der Waals surface area contributed by atoms with Gasteiger partial charge in [0.15, 0.2) is 17.7 Å². The molecule has 0 bridgehead atoms. The molecule has 1 fully saturated rings. The fourth-order valence-corrected chi connectivity index (χ4v) is 3.95. The SMILES string of the molecule is CC(NP(=O)(O)OC[C@H]1O[C@@H](n2cnc3c(N)ncnc32)C(C)(O)C1O)C(=O)O. The molecule has 0 spiro atoms. The highest BCUT2D eigenvalue weighted by Gasteiger charge is 2.54. The maximum absolute atomic E-state index is 12.0. The predicted octanol–water partition coefficient (Wildman–Crippen LogP) is -1.40. The highest BCUT2D eigenvalue weighted by atomic mass is 31.2. The smallest absolute Gasteiger partial charge is 0.403 e. The molecule has 3 rings (SSSR count). The largest absolute Gasteiger partial charge is 0.480 e. The van der Waals surface area contributed by atoms with Gasteiger partial charge in [-0.05, 0) is 13.8 Å². The Hall–Kier alpha value is -2.19. The number of ether oxygens (including phenoxy) is 1. The second-order valence-electron chi connectivity index (χ2n) is 6.79. The van der Waals surface area contributed by atoms with Crippen molar-refractivity contribution < 1.29 is 38.8 Å². The lowest BCUT2D eigenvalue weighted by Crippen LogP contribution is -2.44. The number of nitrogen functional groups attached to an aromatic ring is 1. The Bertz CT molecular complexity index is 967. The van der Waals surface area contributed by atoms with Crippen LogP contribution in [0.15, 0.2) is 12.7 Å². The van der Waals surface area contributed by atoms with Gasteiger partial charge in [0.2, 0.25) is 0 Å². The summed E-state index contributed by atoms with van der Waals surface area (Å²) in [6.07, 6.45) is -1.39. The molecule has 0 aromatic carbocycles. The van der Waals surface area contributed by atoms with Crippen LogP contribution < -0.4 is 10.8 Å². The van der Waals surface area contributed by atoms with Crippen molar-refractivity contribution >= 4 is 30.7 Å². The van der Waals surface area contributed by atoms with Gasteiger partial charge >= 0.3 is 13.7 Å². The van der Waals surface area contributed by atoms with Crippen LogP contribution in [0.4, 0.5) is 5.82 Å². The number of nitrogens with one attached hydrogen (secondary N) is 1. The number of nitrogens with two attached hydrogens (primary N) is 1. The minimum absolute atomic E-state index is 0.117. The van der Waals surface area contributed by atoms with Crippen LogP contribution in [-0.2, 0) is 18.6 Å². The van der Waals surface area contributed by atoms with Gasteiger partial charge in [-0.2, -0.15) is 0 Å². The number of carbonyl (C=O) groups is 1. The maximum atomic E-state index is 12.0. The van der Waals surface area contributed by atoms with E-state index in [1.807, 2.05) is 5.09 Å². The van der Waals surface area contributed by atoms with Crippen molar-refractivity contribution in [3.63, 3.8) is 0 Å². The third kappa shape index (κ3) is 4.09. The van der Waals surface area contributed by atoms with Gasteiger partial charge in [-0.1, -0.05) is 0 Å². The van der Waals surface area contributed by atoms with Crippen molar-refractivity contribution in [3.8, 4) is 0 Å². The molecule has 1 saturated heterocycles. The molecular weight excluding hydrogens is 411 g/mol. The molecule has 0 amide bonds. The van der Waals surface area contributed by atoms with Crippen LogP contribution in [0, 0.1) is 0 Å². The minimum atomic E-state index is -4.51. The number of nitrogens with zero attached hydrogens (tertiary/aromatic N) is 4. The second-order valence-corrected chi connectivity index (χ2v) is 8.34. The average molecular weight is 432 g/mol. The van der Waals surface area contributed by atoms with E-state index >= 15 is 0 Å². The summed E-state index contributed by atoms with van der Waals surface area (Å²) in [5.41, 5.74) is 4.42. The molecule has 160 valence electrons. The lowest BCUT2D eigenvalue weighted by atomic mass is 9.96. The first-order valence-corrected chi connectivity index (χ1v) is 9.98. The molecule has 1 aliphatic rings. The number of hydrogen-bond donors (Lipinski definition) is 6. The standard InChI is InChI=1S/C14H21N6O8P/c1-6(12(22)23)19-29(25,26)27-3-7-9(21)14(2,24)13(28-7)20-5-18-8-10(15)16-4-17-11(8)20/h4-7,9,13,21,24H,3H2,1-2H3,(H,22,23)(H2,15,16,17)(H2,19,25,26)/t6?,7-,9?,13-,14?/m1/s1. The number of carboxylic acids is 1. The van der Waals surface area contributed by atoms with Gasteiger partial charge in [0.25, 0.3) is 0 Å². The molecule has 14 nitrogen and oxygen atoms in total. The molecule has 3 heterocycles. The maximum Gasteiger partial charge on any atom is 0.403 e. The van der Waals surface area contributed by atoms with Crippen LogP contribution in [-0.4, -0.2) is 76.2 Å². The van der Waals surface area contributed by atoms with Gasteiger partial charge in [-0.15, -0.1) is 0 Å². The molecule has 0 radical (unpaired) electrons. The average Bonchev–Trinajstić information content (AvgIpc) is 3.14. The first kappa shape index (κ1) is 21.5. The lowest BCUT2D eigenvalue weighted by Gasteiger charge is -2.27. The van der Waals surface area contributed by atoms with Crippen LogP contribution >= 0.6 is 7.75 Å². The number of rotatable bonds is 7. The zero-order chi connectivity index (χ0) is 21.6. The van der Waals surface area contributed by atoms with E-state index in [2.05, 4.69) is 15.0 Å². The van der Waals surface area contributed by atoms with Gasteiger partial charge in [0.05, 0.1) is 12.9 Å². The number of aromatic nitrogens is 4. The Balaban J connectivity index is 1.77. The number of carboxylic acid groups (broad SMARTS) is 1. The van der Waals surface area contributed by atoms with Crippen molar-refractivity contribution in [2.24, 2.45) is 0 Å². The molecule has 6 atom stereocenters. The van der Waals surface area contributed by atoms with Crippen molar-refractivity contribution in [2.45, 2.75) is 43.9 Å². The van der Waals surface area contributed by atoms with Gasteiger partial charge in [-0.25, -0.2) is 24.6 Å². The van der Waals surface area contributed by atoms with Crippen LogP contribution in [0.1, 0.15) is 20.1 Å². The number of aliphatic hydroxyl groups excluding tert-OH is 1. The quantitative estimate of drug-likeness (QED) is 0.278. The zero-order valence-corrected chi connectivity index (χ0v) is 16.3. The van der Waals surface area contributed by atoms with E-state index in [9.17, 15) is 24.5 Å². The first-order chi connectivity index (χ1) is 13.4. The van der Waals surface area contributed by atoms with E-state index in [4.69, 9.17) is 20.1 Å². The highest BCUT2D eigenvalue weighted by molar-refractivity contribution is 7.50. The number of fused-ring (bicyclic) bond motifs is 1. The molecule has 29 heavy (non-hydrogen) atoms. The third-order valence-electron chi connectivity index (χ3n) is 4.54. The Kier molecular flexibility index (Phi) is 5.62. The highest BCUT2D eigenvalue weighted by Crippen LogP contribution is 2.43. The van der Waals surface area contributed by atoms with Gasteiger partial charge in [-0.3, -0.25) is 13.9 Å². The summed E-state index contributed by atoms with van der Waals surface area (Å²) >= 11 is 0. The second kappa shape index (κ2) is 7.57. The molecule has 1 aliphatic heterocycles. The zero-order valence-electron chi connectivity index (χ0n) is 15.4. The Morgan fingerprint density at radius 3 is 2.86 bits per heavy atom. The van der Waals surface area contributed by atoms with Crippen LogP contribution in [0.2, 0.25) is 0 Å². The van der Waals surface area contributed by atoms with Crippen molar-refractivity contribution in [3.05, 3.63) is 12.7 Å². The Labute approximate surface area is 163 Å². The molecule has 0 saturated carbocycles. The summed E-state index contributed by atoms with van der Waals surface area (Å²) in [5.74, 6) is -1.23. The minimum Gasteiger partial charge on any atom is -0.480 e. The van der Waals surface area contributed by atoms with E-state index < -0.39 is 50.4 Å². The first-order valence-electron chi connectivity index (χ1n) is 8.41. The summed E-state index contributed by atoms with van der Waals surface area (Å²) in [4.78, 5) is 32.5. The van der Waals surface area contributed by atoms with E-state index in [1.54, 1.807) is 0 Å². The van der Waals surface area contributed by atoms with Crippen molar-refractivity contribution in [2.75, 3.05) is 12.3 Å². The van der Waals surface area contributed by atoms with Gasteiger partial charge in [0.1, 0.15) is 35.7 Å². The Morgan fingerprint density at radius 2 is 2.21 bits per heavy atom. The summed E-state index contributed by atoms with van der Waals surface area (Å²) in [7, 11) is -4.51. The summed E-state index contributed by atoms with van der Waals surface area (Å²) < 4.78 is 23.8. The van der Waals surface area contributed by atoms with Crippen LogP contribution in [0.3, 0.4) is 0 Å². The summed E-state index contributed by atoms with van der Waals surface area (Å²) in [6, 6.07) is -1.35. The molecule has 0 aliphatic carbocycles. The molecule has 2 aromatic heterocycles. The van der Waals surface area contributed by atoms with E-state index in [1.165, 1.54) is 24.1 Å². The Morgan fingerprint density at radius 1 is 1.52 bits per heavy atom. The predicted molar refractivity (Wildman–Crippen MR) is 96.3 cm³/mol. The number of anilines is 1. The van der Waals surface area contributed by atoms with Crippen molar-refractivity contribution in [1.29, 1.82) is 0 Å². The monoisotopic (exact) mass is 432 g/mol. The fraction of sp³-hybridized carbons (Fsp3) is 0.571. The van der Waals surface area contributed by atoms with Crippen LogP contribution in [0.25, 0.3) is 11.2 Å². The number of hydrogen-bond acceptors (Lipinski definition) is 10. The normalized spacial score (nSPS) is 30.3. The van der Waals surface area contributed by atoms with Crippen molar-refractivity contribution in [1.82, 2.24) is 24.6 Å². The van der Waals surface area contributed by atoms with E-state index in [0.29, 0.717) is 0 Å². The topological polar surface area (TPSA) is 215 Å². The van der Waals surface area contributed by atoms with Crippen LogP contribution in [0.5, 0.6) is 0 Å². The molecule has 15 heteroatoms. The number of imidazole rings is 1. The van der Waals surface area contributed by atoms with Gasteiger partial charge < -0.3 is 30.7 Å². The van der Waals surface area contributed by atoms with Gasteiger partial charge in [0, 0.05) is 0 Å². The molecular formula is C14H21N6O8P. The lowest BCUT2D eigenvalue weighted by molar-refractivity contribution is -0.138. The third-order valence-corrected chi connectivity index (χ3v) is 5.75. The summed E-state index contributed by atoms with van der Waals surface area (Å²) in [6.45, 7) is 1.86. The fourth-order valence-electron chi connectivity index (χ4n) is 2.93.